The van der Waals surface area contributed by atoms with Crippen LogP contribution in [0.5, 0.6) is 0 Å². The molecule has 0 aliphatic rings. The number of alkyl carbamates (subject to hydrolysis) is 1. The molecular weight excluding hydrogens is 354 g/mol. The van der Waals surface area contributed by atoms with Crippen LogP contribution in [0, 0.1) is 24.0 Å². The van der Waals surface area contributed by atoms with E-state index in [-0.39, 0.29) is 17.9 Å². The van der Waals surface area contributed by atoms with Crippen LogP contribution < -0.4 is 10.6 Å². The first-order valence-electron chi connectivity index (χ1n) is 8.43. The molecule has 27 heavy (non-hydrogen) atoms. The number of amides is 1. The Morgan fingerprint density at radius 3 is 2.44 bits per heavy atom. The Morgan fingerprint density at radius 1 is 1.26 bits per heavy atom. The maximum absolute atomic E-state index is 12.0. The molecule has 148 valence electrons. The monoisotopic (exact) mass is 379 g/mol. The molecule has 0 radical (unpaired) electrons. The van der Waals surface area contributed by atoms with Gasteiger partial charge in [0, 0.05) is 17.8 Å². The molecule has 0 bridgehead atoms. The van der Waals surface area contributed by atoms with Gasteiger partial charge in [0.05, 0.1) is 10.5 Å². The highest BCUT2D eigenvalue weighted by molar-refractivity contribution is 5.79. The normalized spacial score (nSPS) is 12.1. The van der Waals surface area contributed by atoms with E-state index in [1.54, 1.807) is 48.5 Å². The van der Waals surface area contributed by atoms with Crippen molar-refractivity contribution in [1.82, 2.24) is 25.4 Å². The maximum atomic E-state index is 12.0. The average molecular weight is 379 g/mol. The summed E-state index contributed by atoms with van der Waals surface area (Å²) in [5.41, 5.74) is 0.148. The Labute approximate surface area is 156 Å². The zero-order valence-corrected chi connectivity index (χ0v) is 16.6. The van der Waals surface area contributed by atoms with Crippen LogP contribution in [0.15, 0.2) is 0 Å². The van der Waals surface area contributed by atoms with Gasteiger partial charge in [-0.05, 0) is 58.9 Å². The third-order valence-electron chi connectivity index (χ3n) is 3.88. The Kier molecular flexibility index (Phi) is 5.25. The number of fused-ring (bicyclic) bond motifs is 1. The molecule has 0 saturated carbocycles. The van der Waals surface area contributed by atoms with E-state index >= 15 is 0 Å². The number of ether oxygens (including phenoxy) is 1. The molecule has 0 unspecified atom stereocenters. The van der Waals surface area contributed by atoms with Crippen molar-refractivity contribution in [2.24, 2.45) is 0 Å². The second-order valence-corrected chi connectivity index (χ2v) is 7.97. The zero-order valence-electron chi connectivity index (χ0n) is 16.6. The third kappa shape index (κ3) is 4.60. The fourth-order valence-electron chi connectivity index (χ4n) is 2.51. The van der Waals surface area contributed by atoms with Crippen LogP contribution in [-0.2, 0) is 4.74 Å². The van der Waals surface area contributed by atoms with Crippen molar-refractivity contribution in [3.63, 3.8) is 0 Å². The first-order valence-corrected chi connectivity index (χ1v) is 8.43. The molecule has 2 rings (SSSR count). The Morgan fingerprint density at radius 2 is 1.89 bits per heavy atom. The molecule has 2 N–H and O–H groups in total. The highest BCUT2D eigenvalue weighted by Gasteiger charge is 2.29. The smallest absolute Gasteiger partial charge is 0.408 e. The zero-order chi connectivity index (χ0) is 20.6. The second-order valence-electron chi connectivity index (χ2n) is 7.97. The van der Waals surface area contributed by atoms with Gasteiger partial charge in [0.25, 0.3) is 5.65 Å². The summed E-state index contributed by atoms with van der Waals surface area (Å²) >= 11 is 0. The molecule has 0 atom stereocenters. The molecule has 1 amide bonds. The minimum atomic E-state index is -0.728. The van der Waals surface area contributed by atoms with E-state index < -0.39 is 22.2 Å². The molecule has 0 spiro atoms. The van der Waals surface area contributed by atoms with Crippen LogP contribution in [0.3, 0.4) is 0 Å². The molecule has 11 heteroatoms. The van der Waals surface area contributed by atoms with Crippen molar-refractivity contribution in [3.05, 3.63) is 21.4 Å². The highest BCUT2D eigenvalue weighted by Crippen LogP contribution is 2.33. The number of carbonyl (C=O) groups is 1. The van der Waals surface area contributed by atoms with Crippen LogP contribution in [0.2, 0.25) is 0 Å². The SMILES string of the molecule is Cc1c(NCC(C)(C)NC(=O)OC(C)(C)C)c([N+](=O)[O-])c2nnnn2c1C. The van der Waals surface area contributed by atoms with E-state index in [2.05, 4.69) is 26.2 Å². The number of aromatic nitrogens is 4. The number of tetrazole rings is 1. The van der Waals surface area contributed by atoms with Crippen LogP contribution >= 0.6 is 0 Å². The van der Waals surface area contributed by atoms with Crippen molar-refractivity contribution in [2.75, 3.05) is 11.9 Å². The molecule has 0 saturated heterocycles. The number of pyridine rings is 1. The average Bonchev–Trinajstić information content (AvgIpc) is 2.95. The van der Waals surface area contributed by atoms with Crippen LogP contribution in [0.4, 0.5) is 16.2 Å². The second kappa shape index (κ2) is 6.97. The van der Waals surface area contributed by atoms with E-state index in [1.807, 2.05) is 0 Å². The number of nitrogens with zero attached hydrogens (tertiary/aromatic N) is 5. The van der Waals surface area contributed by atoms with Crippen LogP contribution in [-0.4, -0.2) is 48.7 Å². The van der Waals surface area contributed by atoms with Crippen molar-refractivity contribution in [3.8, 4) is 0 Å². The minimum Gasteiger partial charge on any atom is -0.444 e. The Bertz CT molecular complexity index is 883. The number of rotatable bonds is 5. The maximum Gasteiger partial charge on any atom is 0.408 e. The number of nitro groups is 1. The van der Waals surface area contributed by atoms with Crippen molar-refractivity contribution >= 4 is 23.1 Å². The lowest BCUT2D eigenvalue weighted by atomic mass is 10.0. The largest absolute Gasteiger partial charge is 0.444 e. The third-order valence-corrected chi connectivity index (χ3v) is 3.88. The van der Waals surface area contributed by atoms with Gasteiger partial charge in [0.15, 0.2) is 0 Å². The number of hydrogen-bond donors (Lipinski definition) is 2. The first-order chi connectivity index (χ1) is 12.3. The molecular formula is C16H25N7O4. The number of anilines is 1. The summed E-state index contributed by atoms with van der Waals surface area (Å²) in [4.78, 5) is 23.1. The van der Waals surface area contributed by atoms with E-state index in [0.717, 1.165) is 0 Å². The van der Waals surface area contributed by atoms with Gasteiger partial charge in [0.2, 0.25) is 0 Å². The van der Waals surface area contributed by atoms with Gasteiger partial charge in [-0.3, -0.25) is 10.1 Å². The minimum absolute atomic E-state index is 0.0588. The van der Waals surface area contributed by atoms with Gasteiger partial charge in [-0.15, -0.1) is 5.10 Å². The van der Waals surface area contributed by atoms with Crippen molar-refractivity contribution in [1.29, 1.82) is 0 Å². The molecule has 0 aliphatic heterocycles. The quantitative estimate of drug-likeness (QED) is 0.597. The fourth-order valence-corrected chi connectivity index (χ4v) is 2.51. The molecule has 0 aliphatic carbocycles. The van der Waals surface area contributed by atoms with E-state index in [4.69, 9.17) is 4.74 Å². The molecule has 0 fully saturated rings. The molecule has 2 aromatic rings. The summed E-state index contributed by atoms with van der Waals surface area (Å²) in [6, 6.07) is 0. The lowest BCUT2D eigenvalue weighted by Crippen LogP contribution is -2.50. The molecule has 11 nitrogen and oxygen atoms in total. The molecule has 2 aromatic heterocycles. The van der Waals surface area contributed by atoms with Gasteiger partial charge in [-0.25, -0.2) is 4.79 Å². The van der Waals surface area contributed by atoms with E-state index in [0.29, 0.717) is 16.9 Å². The summed E-state index contributed by atoms with van der Waals surface area (Å²) in [7, 11) is 0. The molecule has 2 heterocycles. The van der Waals surface area contributed by atoms with Gasteiger partial charge in [0.1, 0.15) is 11.3 Å². The summed E-state index contributed by atoms with van der Waals surface area (Å²) in [5, 5.41) is 28.5. The predicted octanol–water partition coefficient (Wildman–Crippen LogP) is 2.36. The summed E-state index contributed by atoms with van der Waals surface area (Å²) < 4.78 is 6.60. The summed E-state index contributed by atoms with van der Waals surface area (Å²) in [6.45, 7) is 12.6. The highest BCUT2D eigenvalue weighted by atomic mass is 16.6. The Balaban J connectivity index is 2.28. The lowest BCUT2D eigenvalue weighted by Gasteiger charge is -2.29. The summed E-state index contributed by atoms with van der Waals surface area (Å²) in [5.74, 6) is 0. The number of carbonyl (C=O) groups excluding carboxylic acids is 1. The fraction of sp³-hybridized carbons (Fsp3) is 0.625. The Hall–Kier alpha value is -2.98. The molecule has 0 aromatic carbocycles. The first kappa shape index (κ1) is 20.3. The predicted molar refractivity (Wildman–Crippen MR) is 98.8 cm³/mol. The lowest BCUT2D eigenvalue weighted by molar-refractivity contribution is -0.382. The van der Waals surface area contributed by atoms with Gasteiger partial charge < -0.3 is 15.4 Å². The van der Waals surface area contributed by atoms with Gasteiger partial charge in [-0.1, -0.05) is 0 Å². The van der Waals surface area contributed by atoms with Gasteiger partial charge >= 0.3 is 11.8 Å². The van der Waals surface area contributed by atoms with Crippen molar-refractivity contribution < 1.29 is 14.5 Å². The van der Waals surface area contributed by atoms with Crippen LogP contribution in [0.25, 0.3) is 5.65 Å². The number of nitrogens with one attached hydrogen (secondary N) is 2. The van der Waals surface area contributed by atoms with Crippen molar-refractivity contribution in [2.45, 2.75) is 59.6 Å². The van der Waals surface area contributed by atoms with E-state index in [9.17, 15) is 14.9 Å². The topological polar surface area (TPSA) is 137 Å². The van der Waals surface area contributed by atoms with Gasteiger partial charge in [-0.2, -0.15) is 4.52 Å². The van der Waals surface area contributed by atoms with E-state index in [1.165, 1.54) is 4.52 Å². The number of hydrogen-bond acceptors (Lipinski definition) is 8. The van der Waals surface area contributed by atoms with Crippen LogP contribution in [0.1, 0.15) is 45.9 Å². The summed E-state index contributed by atoms with van der Waals surface area (Å²) in [6.07, 6.45) is -0.561. The standard InChI is InChI=1S/C16H25N7O4/c1-9-10(2)22-13(19-20-21-22)12(23(25)26)11(9)17-8-16(6,7)18-14(24)27-15(3,4)5/h17H,8H2,1-7H3,(H,18,24). The number of aryl methyl sites for hydroxylation is 1.